The fraction of sp³-hybridized carbons (Fsp3) is 0.364. The molecule has 0 fully saturated rings. The molecular formula is C11H15NO2. The molecule has 0 spiro atoms. The second kappa shape index (κ2) is 5.40. The van der Waals surface area contributed by atoms with Crippen LogP contribution in [0.5, 0.6) is 0 Å². The Morgan fingerprint density at radius 3 is 2.79 bits per heavy atom. The molecule has 3 heteroatoms. The number of hydrogen-bond acceptors (Lipinski definition) is 2. The summed E-state index contributed by atoms with van der Waals surface area (Å²) in [6, 6.07) is 7.65. The molecule has 0 saturated carbocycles. The van der Waals surface area contributed by atoms with Crippen LogP contribution in [0.25, 0.3) is 0 Å². The van der Waals surface area contributed by atoms with Crippen molar-refractivity contribution in [2.45, 2.75) is 19.9 Å². The van der Waals surface area contributed by atoms with Gasteiger partial charge in [0, 0.05) is 6.54 Å². The largest absolute Gasteiger partial charge is 0.481 e. The Labute approximate surface area is 83.8 Å². The second-order valence-electron chi connectivity index (χ2n) is 3.17. The van der Waals surface area contributed by atoms with E-state index in [4.69, 9.17) is 5.11 Å². The highest BCUT2D eigenvalue weighted by Gasteiger charge is 2.00. The molecule has 0 saturated heterocycles. The first-order valence-corrected chi connectivity index (χ1v) is 4.72. The summed E-state index contributed by atoms with van der Waals surface area (Å²) >= 11 is 0. The third-order valence-corrected chi connectivity index (χ3v) is 1.93. The van der Waals surface area contributed by atoms with Crippen LogP contribution in [0, 0.1) is 0 Å². The van der Waals surface area contributed by atoms with E-state index in [1.165, 1.54) is 0 Å². The van der Waals surface area contributed by atoms with Crippen molar-refractivity contribution in [1.82, 2.24) is 5.32 Å². The third-order valence-electron chi connectivity index (χ3n) is 1.93. The molecule has 14 heavy (non-hydrogen) atoms. The van der Waals surface area contributed by atoms with E-state index in [9.17, 15) is 4.79 Å². The average Bonchev–Trinajstić information content (AvgIpc) is 2.14. The Balaban J connectivity index is 2.63. The van der Waals surface area contributed by atoms with Gasteiger partial charge in [-0.25, -0.2) is 0 Å². The fourth-order valence-corrected chi connectivity index (χ4v) is 1.29. The van der Waals surface area contributed by atoms with Crippen molar-refractivity contribution in [3.8, 4) is 0 Å². The fourth-order valence-electron chi connectivity index (χ4n) is 1.29. The van der Waals surface area contributed by atoms with Crippen molar-refractivity contribution in [2.24, 2.45) is 0 Å². The summed E-state index contributed by atoms with van der Waals surface area (Å²) in [6.45, 7) is 3.76. The molecule has 0 atom stereocenters. The van der Waals surface area contributed by atoms with Gasteiger partial charge >= 0.3 is 5.97 Å². The number of aliphatic carboxylic acids is 1. The van der Waals surface area contributed by atoms with E-state index < -0.39 is 5.97 Å². The Morgan fingerprint density at radius 1 is 1.43 bits per heavy atom. The number of nitrogens with one attached hydrogen (secondary N) is 1. The van der Waals surface area contributed by atoms with Gasteiger partial charge in [-0.3, -0.25) is 4.79 Å². The van der Waals surface area contributed by atoms with Crippen molar-refractivity contribution >= 4 is 5.97 Å². The lowest BCUT2D eigenvalue weighted by Crippen LogP contribution is -2.12. The van der Waals surface area contributed by atoms with Crippen LogP contribution in [0.3, 0.4) is 0 Å². The number of carbonyl (C=O) groups is 1. The smallest absolute Gasteiger partial charge is 0.307 e. The predicted molar refractivity (Wildman–Crippen MR) is 55.2 cm³/mol. The van der Waals surface area contributed by atoms with Gasteiger partial charge < -0.3 is 10.4 Å². The second-order valence-corrected chi connectivity index (χ2v) is 3.17. The van der Waals surface area contributed by atoms with E-state index >= 15 is 0 Å². The quantitative estimate of drug-likeness (QED) is 0.743. The standard InChI is InChI=1S/C11H15NO2/c1-2-12-8-10-5-3-4-9(6-10)7-11(13)14/h3-6,12H,2,7-8H2,1H3,(H,13,14). The van der Waals surface area contributed by atoms with Crippen LogP contribution in [-0.4, -0.2) is 17.6 Å². The molecule has 0 heterocycles. The normalized spacial score (nSPS) is 10.1. The molecule has 3 nitrogen and oxygen atoms in total. The number of rotatable bonds is 5. The van der Waals surface area contributed by atoms with Crippen LogP contribution in [-0.2, 0) is 17.8 Å². The molecule has 1 aromatic carbocycles. The van der Waals surface area contributed by atoms with E-state index in [0.29, 0.717) is 0 Å². The zero-order chi connectivity index (χ0) is 10.4. The molecule has 0 aliphatic heterocycles. The highest BCUT2D eigenvalue weighted by Crippen LogP contribution is 2.05. The molecule has 1 aromatic rings. The summed E-state index contributed by atoms with van der Waals surface area (Å²) in [5, 5.41) is 11.8. The summed E-state index contributed by atoms with van der Waals surface area (Å²) in [5.74, 6) is -0.786. The molecule has 2 N–H and O–H groups in total. The highest BCUT2D eigenvalue weighted by atomic mass is 16.4. The number of benzene rings is 1. The van der Waals surface area contributed by atoms with Crippen molar-refractivity contribution in [3.63, 3.8) is 0 Å². The number of carboxylic acid groups (broad SMARTS) is 1. The summed E-state index contributed by atoms with van der Waals surface area (Å²) in [4.78, 5) is 10.5. The van der Waals surface area contributed by atoms with Gasteiger partial charge in [0.25, 0.3) is 0 Å². The van der Waals surface area contributed by atoms with Gasteiger partial charge in [0.05, 0.1) is 6.42 Å². The average molecular weight is 193 g/mol. The third kappa shape index (κ3) is 3.58. The summed E-state index contributed by atoms with van der Waals surface area (Å²) < 4.78 is 0. The molecule has 0 bridgehead atoms. The first-order valence-electron chi connectivity index (χ1n) is 4.72. The molecule has 0 amide bonds. The van der Waals surface area contributed by atoms with E-state index in [0.717, 1.165) is 24.2 Å². The van der Waals surface area contributed by atoms with Gasteiger partial charge in [0.1, 0.15) is 0 Å². The van der Waals surface area contributed by atoms with Crippen molar-refractivity contribution in [3.05, 3.63) is 35.4 Å². The minimum absolute atomic E-state index is 0.0972. The zero-order valence-corrected chi connectivity index (χ0v) is 8.29. The SMILES string of the molecule is CCNCc1cccc(CC(=O)O)c1. The maximum absolute atomic E-state index is 10.5. The van der Waals surface area contributed by atoms with Gasteiger partial charge in [0.15, 0.2) is 0 Å². The first kappa shape index (κ1) is 10.7. The lowest BCUT2D eigenvalue weighted by molar-refractivity contribution is -0.136. The van der Waals surface area contributed by atoms with Crippen molar-refractivity contribution in [2.75, 3.05) is 6.54 Å². The van der Waals surface area contributed by atoms with Crippen molar-refractivity contribution < 1.29 is 9.90 Å². The van der Waals surface area contributed by atoms with Gasteiger partial charge in [-0.2, -0.15) is 0 Å². The zero-order valence-electron chi connectivity index (χ0n) is 8.29. The minimum atomic E-state index is -0.786. The number of hydrogen-bond donors (Lipinski definition) is 2. The van der Waals surface area contributed by atoms with Gasteiger partial charge in [-0.15, -0.1) is 0 Å². The van der Waals surface area contributed by atoms with Gasteiger partial charge in [-0.05, 0) is 17.7 Å². The molecular weight excluding hydrogens is 178 g/mol. The predicted octanol–water partition coefficient (Wildman–Crippen LogP) is 1.42. The van der Waals surface area contributed by atoms with Crippen LogP contribution in [0.1, 0.15) is 18.1 Å². The van der Waals surface area contributed by atoms with Crippen molar-refractivity contribution in [1.29, 1.82) is 0 Å². The summed E-state index contributed by atoms with van der Waals surface area (Å²) in [5.41, 5.74) is 1.98. The maximum atomic E-state index is 10.5. The Bertz CT molecular complexity index is 310. The summed E-state index contributed by atoms with van der Waals surface area (Å²) in [6.07, 6.45) is 0.0972. The Hall–Kier alpha value is -1.35. The van der Waals surface area contributed by atoms with E-state index in [2.05, 4.69) is 5.32 Å². The lowest BCUT2D eigenvalue weighted by atomic mass is 10.1. The van der Waals surface area contributed by atoms with Gasteiger partial charge in [-0.1, -0.05) is 31.2 Å². The first-order chi connectivity index (χ1) is 6.72. The molecule has 0 aliphatic carbocycles. The molecule has 0 unspecified atom stereocenters. The minimum Gasteiger partial charge on any atom is -0.481 e. The van der Waals surface area contributed by atoms with E-state index in [-0.39, 0.29) is 6.42 Å². The van der Waals surface area contributed by atoms with Crippen LogP contribution >= 0.6 is 0 Å². The number of carboxylic acids is 1. The summed E-state index contributed by atoms with van der Waals surface area (Å²) in [7, 11) is 0. The lowest BCUT2D eigenvalue weighted by Gasteiger charge is -2.03. The van der Waals surface area contributed by atoms with Crippen LogP contribution in [0.15, 0.2) is 24.3 Å². The van der Waals surface area contributed by atoms with Crippen LogP contribution < -0.4 is 5.32 Å². The molecule has 1 rings (SSSR count). The van der Waals surface area contributed by atoms with Crippen LogP contribution in [0.2, 0.25) is 0 Å². The van der Waals surface area contributed by atoms with Gasteiger partial charge in [0.2, 0.25) is 0 Å². The molecule has 76 valence electrons. The molecule has 0 aliphatic rings. The topological polar surface area (TPSA) is 49.3 Å². The molecule has 0 radical (unpaired) electrons. The maximum Gasteiger partial charge on any atom is 0.307 e. The van der Waals surface area contributed by atoms with E-state index in [1.54, 1.807) is 0 Å². The Morgan fingerprint density at radius 2 is 2.14 bits per heavy atom. The monoisotopic (exact) mass is 193 g/mol. The van der Waals surface area contributed by atoms with Crippen LogP contribution in [0.4, 0.5) is 0 Å². The Kier molecular flexibility index (Phi) is 4.13. The van der Waals surface area contributed by atoms with E-state index in [1.807, 2.05) is 31.2 Å². The molecule has 0 aromatic heterocycles. The highest BCUT2D eigenvalue weighted by molar-refractivity contribution is 5.70.